The molecule has 4 fully saturated rings. The van der Waals surface area contributed by atoms with Crippen molar-refractivity contribution in [3.8, 4) is 0 Å². The van der Waals surface area contributed by atoms with E-state index in [4.69, 9.17) is 4.98 Å². The normalized spacial score (nSPS) is 33.8. The zero-order valence-corrected chi connectivity index (χ0v) is 15.1. The van der Waals surface area contributed by atoms with E-state index in [1.54, 1.807) is 4.52 Å². The molecule has 1 aromatic carbocycles. The number of hydrogen-bond acceptors (Lipinski definition) is 5. The molecule has 4 aliphatic carbocycles. The summed E-state index contributed by atoms with van der Waals surface area (Å²) in [7, 11) is 0. The Balaban J connectivity index is 1.39. The van der Waals surface area contributed by atoms with Gasteiger partial charge in [-0.3, -0.25) is 0 Å². The van der Waals surface area contributed by atoms with E-state index in [2.05, 4.69) is 27.8 Å². The van der Waals surface area contributed by atoms with Crippen molar-refractivity contribution in [2.75, 3.05) is 5.32 Å². The lowest BCUT2D eigenvalue weighted by molar-refractivity contribution is -0.0602. The Bertz CT molecular complexity index is 957. The zero-order chi connectivity index (χ0) is 17.3. The third-order valence-electron chi connectivity index (χ3n) is 7.38. The molecule has 4 saturated carbocycles. The molecule has 3 aromatic rings. The van der Waals surface area contributed by atoms with Gasteiger partial charge >= 0.3 is 0 Å². The van der Waals surface area contributed by atoms with E-state index in [0.29, 0.717) is 11.5 Å². The number of hydrogen-bond donors (Lipinski definition) is 1. The summed E-state index contributed by atoms with van der Waals surface area (Å²) in [4.78, 5) is 4.87. The Morgan fingerprint density at radius 1 is 1.08 bits per heavy atom. The van der Waals surface area contributed by atoms with Crippen molar-refractivity contribution in [2.24, 2.45) is 23.2 Å². The van der Waals surface area contributed by atoms with Gasteiger partial charge in [-0.15, -0.1) is 5.10 Å². The van der Waals surface area contributed by atoms with Crippen molar-refractivity contribution in [1.29, 1.82) is 0 Å². The van der Waals surface area contributed by atoms with Crippen LogP contribution in [0.1, 0.15) is 45.4 Å². The summed E-state index contributed by atoms with van der Waals surface area (Å²) in [5.74, 6) is 3.66. The first-order chi connectivity index (χ1) is 12.7. The molecule has 1 atom stereocenters. The fraction of sp³-hybridized carbons (Fsp3) is 0.600. The van der Waals surface area contributed by atoms with Crippen molar-refractivity contribution in [2.45, 2.75) is 51.5 Å². The monoisotopic (exact) mass is 348 g/mol. The molecule has 0 saturated heterocycles. The van der Waals surface area contributed by atoms with Crippen LogP contribution in [0.2, 0.25) is 0 Å². The van der Waals surface area contributed by atoms with Gasteiger partial charge in [-0.05, 0) is 91.2 Å². The van der Waals surface area contributed by atoms with E-state index in [0.717, 1.165) is 40.3 Å². The summed E-state index contributed by atoms with van der Waals surface area (Å²) in [6.07, 6.45) is 8.54. The van der Waals surface area contributed by atoms with E-state index in [-0.39, 0.29) is 0 Å². The standard InChI is InChI=1S/C20H24N6/c1-12(20-9-13-6-14(10-20)8-15(7-13)11-20)21-18-19-23-24-25-26(19)17-5-3-2-4-16(17)22-18/h2-5,12-15H,6-11H2,1H3,(H,21,22)/t12-,13?,14?,15?,20?/m0/s1. The molecule has 6 nitrogen and oxygen atoms in total. The second-order valence-corrected chi connectivity index (χ2v) is 9.01. The van der Waals surface area contributed by atoms with Gasteiger partial charge in [0.2, 0.25) is 5.65 Å². The molecule has 0 spiro atoms. The highest BCUT2D eigenvalue weighted by atomic mass is 15.5. The smallest absolute Gasteiger partial charge is 0.222 e. The molecule has 0 radical (unpaired) electrons. The van der Waals surface area contributed by atoms with Crippen LogP contribution in [0.5, 0.6) is 0 Å². The first-order valence-corrected chi connectivity index (χ1v) is 9.93. The van der Waals surface area contributed by atoms with Gasteiger partial charge in [-0.2, -0.15) is 4.52 Å². The lowest BCUT2D eigenvalue weighted by atomic mass is 9.48. The highest BCUT2D eigenvalue weighted by Crippen LogP contribution is 2.61. The minimum atomic E-state index is 0.394. The van der Waals surface area contributed by atoms with Crippen LogP contribution in [0.4, 0.5) is 5.82 Å². The van der Waals surface area contributed by atoms with Crippen LogP contribution < -0.4 is 5.32 Å². The lowest BCUT2D eigenvalue weighted by Gasteiger charge is -2.59. The summed E-state index contributed by atoms with van der Waals surface area (Å²) in [6.45, 7) is 2.35. The van der Waals surface area contributed by atoms with E-state index in [9.17, 15) is 0 Å². The first-order valence-electron chi connectivity index (χ1n) is 9.93. The number of anilines is 1. The molecule has 2 heterocycles. The Kier molecular flexibility index (Phi) is 2.95. The van der Waals surface area contributed by atoms with Crippen molar-refractivity contribution >= 4 is 22.5 Å². The second-order valence-electron chi connectivity index (χ2n) is 9.01. The van der Waals surface area contributed by atoms with E-state index >= 15 is 0 Å². The maximum Gasteiger partial charge on any atom is 0.222 e. The SMILES string of the molecule is C[C@H](Nc1nc2ccccc2n2nnnc12)C12CC3CC(CC(C3)C1)C2. The summed E-state index contributed by atoms with van der Waals surface area (Å²) >= 11 is 0. The van der Waals surface area contributed by atoms with Gasteiger partial charge in [0.1, 0.15) is 0 Å². The highest BCUT2D eigenvalue weighted by molar-refractivity contribution is 5.81. The number of aromatic nitrogens is 5. The van der Waals surface area contributed by atoms with Gasteiger partial charge in [0.05, 0.1) is 11.0 Å². The van der Waals surface area contributed by atoms with Crippen LogP contribution in [0, 0.1) is 23.2 Å². The molecule has 4 aliphatic rings. The van der Waals surface area contributed by atoms with Crippen LogP contribution in [-0.2, 0) is 0 Å². The molecule has 26 heavy (non-hydrogen) atoms. The maximum absolute atomic E-state index is 4.87. The number of rotatable bonds is 3. The molecule has 6 heteroatoms. The van der Waals surface area contributed by atoms with Gasteiger partial charge in [0, 0.05) is 6.04 Å². The predicted molar refractivity (Wildman–Crippen MR) is 99.8 cm³/mol. The minimum absolute atomic E-state index is 0.394. The number of nitrogens with one attached hydrogen (secondary N) is 1. The van der Waals surface area contributed by atoms with Crippen LogP contribution in [0.3, 0.4) is 0 Å². The summed E-state index contributed by atoms with van der Waals surface area (Å²) in [5, 5.41) is 16.1. The minimum Gasteiger partial charge on any atom is -0.364 e. The van der Waals surface area contributed by atoms with E-state index in [1.165, 1.54) is 38.5 Å². The fourth-order valence-corrected chi connectivity index (χ4v) is 6.57. The highest BCUT2D eigenvalue weighted by Gasteiger charge is 2.53. The number of para-hydroxylation sites is 2. The molecule has 0 unspecified atom stereocenters. The van der Waals surface area contributed by atoms with Gasteiger partial charge in [-0.1, -0.05) is 12.1 Å². The molecule has 1 N–H and O–H groups in total. The van der Waals surface area contributed by atoms with Crippen molar-refractivity contribution in [3.05, 3.63) is 24.3 Å². The Morgan fingerprint density at radius 2 is 1.77 bits per heavy atom. The molecule has 7 rings (SSSR count). The van der Waals surface area contributed by atoms with Crippen molar-refractivity contribution in [1.82, 2.24) is 25.0 Å². The Labute approximate surface area is 152 Å². The average Bonchev–Trinajstić information content (AvgIpc) is 3.11. The molecular weight excluding hydrogens is 324 g/mol. The molecule has 2 aromatic heterocycles. The lowest BCUT2D eigenvalue weighted by Crippen LogP contribution is -2.53. The zero-order valence-electron chi connectivity index (χ0n) is 15.1. The van der Waals surface area contributed by atoms with Crippen LogP contribution >= 0.6 is 0 Å². The van der Waals surface area contributed by atoms with Crippen molar-refractivity contribution < 1.29 is 0 Å². The molecule has 0 aliphatic heterocycles. The predicted octanol–water partition coefficient (Wildman–Crippen LogP) is 3.69. The van der Waals surface area contributed by atoms with Crippen LogP contribution in [0.15, 0.2) is 24.3 Å². The summed E-state index contributed by atoms with van der Waals surface area (Å²) < 4.78 is 1.80. The third kappa shape index (κ3) is 2.04. The average molecular weight is 348 g/mol. The van der Waals surface area contributed by atoms with E-state index < -0.39 is 0 Å². The molecule has 0 amide bonds. The van der Waals surface area contributed by atoms with Gasteiger partial charge in [0.15, 0.2) is 5.82 Å². The maximum atomic E-state index is 4.87. The summed E-state index contributed by atoms with van der Waals surface area (Å²) in [6, 6.07) is 8.44. The first kappa shape index (κ1) is 14.9. The number of fused-ring (bicyclic) bond motifs is 3. The molecule has 4 bridgehead atoms. The topological polar surface area (TPSA) is 68.0 Å². The number of benzene rings is 1. The van der Waals surface area contributed by atoms with Crippen LogP contribution in [-0.4, -0.2) is 31.1 Å². The molecule has 134 valence electrons. The van der Waals surface area contributed by atoms with E-state index in [1.807, 2.05) is 24.3 Å². The third-order valence-corrected chi connectivity index (χ3v) is 7.38. The van der Waals surface area contributed by atoms with Gasteiger partial charge < -0.3 is 5.32 Å². The second kappa shape index (κ2) is 5.15. The van der Waals surface area contributed by atoms with Gasteiger partial charge in [-0.25, -0.2) is 4.98 Å². The fourth-order valence-electron chi connectivity index (χ4n) is 6.57. The Hall–Kier alpha value is -2.24. The summed E-state index contributed by atoms with van der Waals surface area (Å²) in [5.41, 5.74) is 3.01. The Morgan fingerprint density at radius 3 is 2.50 bits per heavy atom. The van der Waals surface area contributed by atoms with Gasteiger partial charge in [0.25, 0.3) is 0 Å². The largest absolute Gasteiger partial charge is 0.364 e. The molecular formula is C20H24N6. The van der Waals surface area contributed by atoms with Crippen molar-refractivity contribution in [3.63, 3.8) is 0 Å². The number of tetrazole rings is 1. The number of nitrogens with zero attached hydrogens (tertiary/aromatic N) is 5. The van der Waals surface area contributed by atoms with Crippen LogP contribution in [0.25, 0.3) is 16.7 Å². The quantitative estimate of drug-likeness (QED) is 0.782.